The number of nitrogens with zero attached hydrogens (tertiary/aromatic N) is 3. The van der Waals surface area contributed by atoms with Crippen molar-refractivity contribution in [3.63, 3.8) is 0 Å². The third-order valence-electron chi connectivity index (χ3n) is 4.22. The first-order chi connectivity index (χ1) is 12.5. The molecule has 3 rings (SSSR count). The molecule has 0 spiro atoms. The highest BCUT2D eigenvalue weighted by atomic mass is 32.2. The fourth-order valence-corrected chi connectivity index (χ4v) is 4.09. The van der Waals surface area contributed by atoms with Gasteiger partial charge in [0.25, 0.3) is 0 Å². The highest BCUT2D eigenvalue weighted by molar-refractivity contribution is 7.89. The Morgan fingerprint density at radius 3 is 2.69 bits per heavy atom. The van der Waals surface area contributed by atoms with Crippen LogP contribution in [-0.4, -0.2) is 44.0 Å². The summed E-state index contributed by atoms with van der Waals surface area (Å²) in [4.78, 5) is 4.41. The molecule has 0 amide bonds. The molecule has 1 atom stereocenters. The normalized spacial score (nSPS) is 16.6. The van der Waals surface area contributed by atoms with Crippen LogP contribution in [0.3, 0.4) is 0 Å². The van der Waals surface area contributed by atoms with Crippen molar-refractivity contribution in [1.82, 2.24) is 9.29 Å². The van der Waals surface area contributed by atoms with Gasteiger partial charge in [0.1, 0.15) is 10.7 Å². The number of rotatable bonds is 5. The molecule has 0 bridgehead atoms. The van der Waals surface area contributed by atoms with Crippen molar-refractivity contribution in [3.05, 3.63) is 53.7 Å². The lowest BCUT2D eigenvalue weighted by atomic mass is 10.1. The number of hydrogen-bond donors (Lipinski definition) is 1. The van der Waals surface area contributed by atoms with Gasteiger partial charge >= 0.3 is 0 Å². The van der Waals surface area contributed by atoms with Crippen LogP contribution in [0.2, 0.25) is 0 Å². The predicted octanol–water partition coefficient (Wildman–Crippen LogP) is 2.15. The van der Waals surface area contributed by atoms with E-state index in [0.717, 1.165) is 5.56 Å². The summed E-state index contributed by atoms with van der Waals surface area (Å²) in [5.74, 6) is 0.570. The molecule has 1 aromatic carbocycles. The Morgan fingerprint density at radius 1 is 1.27 bits per heavy atom. The highest BCUT2D eigenvalue weighted by Crippen LogP contribution is 2.21. The number of sulfonamides is 1. The maximum absolute atomic E-state index is 12.6. The zero-order valence-corrected chi connectivity index (χ0v) is 15.2. The minimum absolute atomic E-state index is 0.0718. The van der Waals surface area contributed by atoms with Gasteiger partial charge in [-0.2, -0.15) is 9.57 Å². The summed E-state index contributed by atoms with van der Waals surface area (Å²) in [7, 11) is -3.54. The molecule has 0 aliphatic carbocycles. The van der Waals surface area contributed by atoms with E-state index in [0.29, 0.717) is 37.7 Å². The van der Waals surface area contributed by atoms with E-state index in [9.17, 15) is 8.42 Å². The summed E-state index contributed by atoms with van der Waals surface area (Å²) in [6, 6.07) is 12.6. The summed E-state index contributed by atoms with van der Waals surface area (Å²) in [6.45, 7) is 3.48. The van der Waals surface area contributed by atoms with Gasteiger partial charge in [-0.3, -0.25) is 0 Å². The highest BCUT2D eigenvalue weighted by Gasteiger charge is 2.26. The number of hydrogen-bond acceptors (Lipinski definition) is 6. The van der Waals surface area contributed by atoms with Crippen LogP contribution in [0.5, 0.6) is 0 Å². The molecule has 2 heterocycles. The molecular formula is C18H20N4O3S. The summed E-state index contributed by atoms with van der Waals surface area (Å²) in [5.41, 5.74) is 1.55. The number of benzene rings is 1. The Labute approximate surface area is 153 Å². The molecule has 7 nitrogen and oxygen atoms in total. The largest absolute Gasteiger partial charge is 0.379 e. The first kappa shape index (κ1) is 18.3. The van der Waals surface area contributed by atoms with Crippen LogP contribution in [0.25, 0.3) is 0 Å². The number of anilines is 1. The van der Waals surface area contributed by atoms with Crippen molar-refractivity contribution in [1.29, 1.82) is 5.26 Å². The number of nitrogens with one attached hydrogen (secondary N) is 1. The monoisotopic (exact) mass is 372 g/mol. The zero-order chi connectivity index (χ0) is 18.6. The molecular weight excluding hydrogens is 352 g/mol. The lowest BCUT2D eigenvalue weighted by Gasteiger charge is -2.26. The second kappa shape index (κ2) is 7.83. The van der Waals surface area contributed by atoms with Crippen LogP contribution >= 0.6 is 0 Å². The molecule has 1 aliphatic heterocycles. The van der Waals surface area contributed by atoms with E-state index >= 15 is 0 Å². The molecule has 1 aliphatic rings. The van der Waals surface area contributed by atoms with Crippen molar-refractivity contribution in [2.75, 3.05) is 31.6 Å². The van der Waals surface area contributed by atoms with Crippen LogP contribution in [0.4, 0.5) is 5.82 Å². The van der Waals surface area contributed by atoms with E-state index in [4.69, 9.17) is 10.00 Å². The summed E-state index contributed by atoms with van der Waals surface area (Å²) >= 11 is 0. The van der Waals surface area contributed by atoms with Gasteiger partial charge in [0.05, 0.1) is 24.8 Å². The van der Waals surface area contributed by atoms with Gasteiger partial charge in [0, 0.05) is 25.3 Å². The number of nitriles is 1. The number of morpholine rings is 1. The van der Waals surface area contributed by atoms with Crippen molar-refractivity contribution in [2.24, 2.45) is 0 Å². The maximum Gasteiger partial charge on any atom is 0.244 e. The third kappa shape index (κ3) is 4.02. The van der Waals surface area contributed by atoms with Crippen molar-refractivity contribution in [2.45, 2.75) is 17.9 Å². The standard InChI is InChI=1S/C18H20N4O3S/c1-14(16-4-2-3-15(11-16)12-19)21-18-6-5-17(13-20-18)26(23,24)22-7-9-25-10-8-22/h2-6,11,13-14H,7-10H2,1H3,(H,20,21). The predicted molar refractivity (Wildman–Crippen MR) is 97.0 cm³/mol. The van der Waals surface area contributed by atoms with Crippen LogP contribution in [0.15, 0.2) is 47.5 Å². The summed E-state index contributed by atoms with van der Waals surface area (Å²) < 4.78 is 31.8. The Morgan fingerprint density at radius 2 is 2.04 bits per heavy atom. The fourth-order valence-electron chi connectivity index (χ4n) is 2.74. The molecule has 1 unspecified atom stereocenters. The molecule has 136 valence electrons. The molecule has 26 heavy (non-hydrogen) atoms. The van der Waals surface area contributed by atoms with Gasteiger partial charge < -0.3 is 10.1 Å². The molecule has 1 fully saturated rings. The average Bonchev–Trinajstić information content (AvgIpc) is 2.69. The SMILES string of the molecule is CC(Nc1ccc(S(=O)(=O)N2CCOCC2)cn1)c1cccc(C#N)c1. The Balaban J connectivity index is 1.72. The molecule has 0 saturated carbocycles. The first-order valence-corrected chi connectivity index (χ1v) is 9.75. The quantitative estimate of drug-likeness (QED) is 0.864. The van der Waals surface area contributed by atoms with Crippen molar-refractivity contribution >= 4 is 15.8 Å². The van der Waals surface area contributed by atoms with Crippen molar-refractivity contribution < 1.29 is 13.2 Å². The van der Waals surface area contributed by atoms with Gasteiger partial charge in [-0.25, -0.2) is 13.4 Å². The van der Waals surface area contributed by atoms with E-state index in [1.54, 1.807) is 18.2 Å². The topological polar surface area (TPSA) is 95.3 Å². The molecule has 1 saturated heterocycles. The summed E-state index contributed by atoms with van der Waals surface area (Å²) in [5, 5.41) is 12.2. The van der Waals surface area contributed by atoms with E-state index in [1.165, 1.54) is 10.5 Å². The van der Waals surface area contributed by atoms with E-state index < -0.39 is 10.0 Å². The molecule has 8 heteroatoms. The van der Waals surface area contributed by atoms with Crippen LogP contribution in [-0.2, 0) is 14.8 Å². The summed E-state index contributed by atoms with van der Waals surface area (Å²) in [6.07, 6.45) is 1.37. The van der Waals surface area contributed by atoms with Gasteiger partial charge in [0.15, 0.2) is 0 Å². The molecule has 2 aromatic rings. The van der Waals surface area contributed by atoms with Gasteiger partial charge in [-0.1, -0.05) is 12.1 Å². The van der Waals surface area contributed by atoms with E-state index in [1.807, 2.05) is 25.1 Å². The number of ether oxygens (including phenoxy) is 1. The average molecular weight is 372 g/mol. The van der Waals surface area contributed by atoms with Gasteiger partial charge in [-0.15, -0.1) is 0 Å². The fraction of sp³-hybridized carbons (Fsp3) is 0.333. The zero-order valence-electron chi connectivity index (χ0n) is 14.4. The Kier molecular flexibility index (Phi) is 5.52. The van der Waals surface area contributed by atoms with Crippen LogP contribution < -0.4 is 5.32 Å². The van der Waals surface area contributed by atoms with Gasteiger partial charge in [-0.05, 0) is 36.8 Å². The third-order valence-corrected chi connectivity index (χ3v) is 6.11. The van der Waals surface area contributed by atoms with E-state index in [-0.39, 0.29) is 10.9 Å². The molecule has 0 radical (unpaired) electrons. The minimum atomic E-state index is -3.54. The number of aromatic nitrogens is 1. The minimum Gasteiger partial charge on any atom is -0.379 e. The Hall–Kier alpha value is -2.47. The van der Waals surface area contributed by atoms with Crippen molar-refractivity contribution in [3.8, 4) is 6.07 Å². The second-order valence-electron chi connectivity index (χ2n) is 6.00. The Bertz CT molecular complexity index is 901. The lowest BCUT2D eigenvalue weighted by Crippen LogP contribution is -2.40. The smallest absolute Gasteiger partial charge is 0.244 e. The van der Waals surface area contributed by atoms with Gasteiger partial charge in [0.2, 0.25) is 10.0 Å². The lowest BCUT2D eigenvalue weighted by molar-refractivity contribution is 0.0730. The van der Waals surface area contributed by atoms with Crippen LogP contribution in [0.1, 0.15) is 24.1 Å². The van der Waals surface area contributed by atoms with E-state index in [2.05, 4.69) is 16.4 Å². The van der Waals surface area contributed by atoms with Crippen LogP contribution in [0, 0.1) is 11.3 Å². The maximum atomic E-state index is 12.6. The first-order valence-electron chi connectivity index (χ1n) is 8.31. The number of pyridine rings is 1. The molecule has 1 N–H and O–H groups in total. The molecule has 1 aromatic heterocycles. The second-order valence-corrected chi connectivity index (χ2v) is 7.94.